The molecule has 7 nitrogen and oxygen atoms in total. The first-order valence-corrected chi connectivity index (χ1v) is 10.5. The van der Waals surface area contributed by atoms with Crippen LogP contribution in [0.3, 0.4) is 0 Å². The lowest BCUT2D eigenvalue weighted by Gasteiger charge is -2.23. The van der Waals surface area contributed by atoms with Crippen molar-refractivity contribution in [3.63, 3.8) is 0 Å². The van der Waals surface area contributed by atoms with Crippen LogP contribution in [-0.4, -0.2) is 28.6 Å². The van der Waals surface area contributed by atoms with E-state index in [0.29, 0.717) is 34.3 Å². The Labute approximate surface area is 189 Å². The highest BCUT2D eigenvalue weighted by molar-refractivity contribution is 6.51. The summed E-state index contributed by atoms with van der Waals surface area (Å²) in [4.78, 5) is 27.3. The van der Waals surface area contributed by atoms with Crippen molar-refractivity contribution >= 4 is 34.9 Å². The standard InChI is InChI=1S/C24H21ClN2O5/c1-3-11-31-18-9-7-15(8-10-18)22(28)20-21(16-5-4-6-17(25)13-16)27(24(30)23(20)29)19-12-14(2)32-26-19/h4-10,12-13,21,28H,3,11H2,1-2H3/b22-20+. The number of aliphatic hydroxyl groups is 1. The van der Waals surface area contributed by atoms with Crippen LogP contribution in [0.15, 0.2) is 64.7 Å². The van der Waals surface area contributed by atoms with Crippen molar-refractivity contribution in [1.82, 2.24) is 5.16 Å². The summed E-state index contributed by atoms with van der Waals surface area (Å²) in [6.45, 7) is 4.26. The Morgan fingerprint density at radius 2 is 1.94 bits per heavy atom. The van der Waals surface area contributed by atoms with Gasteiger partial charge in [0.1, 0.15) is 17.3 Å². The summed E-state index contributed by atoms with van der Waals surface area (Å²) in [5, 5.41) is 15.5. The highest BCUT2D eigenvalue weighted by Crippen LogP contribution is 2.42. The van der Waals surface area contributed by atoms with Gasteiger partial charge in [0.05, 0.1) is 18.2 Å². The Morgan fingerprint density at radius 1 is 1.19 bits per heavy atom. The van der Waals surface area contributed by atoms with E-state index in [4.69, 9.17) is 20.9 Å². The normalized spacial score (nSPS) is 17.7. The Hall–Kier alpha value is -3.58. The SMILES string of the molecule is CCCOc1ccc(/C(O)=C2\C(=O)C(=O)N(c3cc(C)on3)C2c2cccc(Cl)c2)cc1. The van der Waals surface area contributed by atoms with Gasteiger partial charge in [-0.25, -0.2) is 0 Å². The van der Waals surface area contributed by atoms with Crippen molar-refractivity contribution < 1.29 is 24.0 Å². The van der Waals surface area contributed by atoms with Crippen LogP contribution in [0, 0.1) is 6.92 Å². The van der Waals surface area contributed by atoms with E-state index in [9.17, 15) is 14.7 Å². The molecule has 164 valence electrons. The van der Waals surface area contributed by atoms with Gasteiger partial charge < -0.3 is 14.4 Å². The lowest BCUT2D eigenvalue weighted by Crippen LogP contribution is -2.29. The zero-order valence-electron chi connectivity index (χ0n) is 17.5. The molecular formula is C24H21ClN2O5. The number of anilines is 1. The third kappa shape index (κ3) is 3.99. The van der Waals surface area contributed by atoms with Gasteiger partial charge in [-0.05, 0) is 55.3 Å². The molecule has 1 aromatic heterocycles. The minimum atomic E-state index is -0.922. The van der Waals surface area contributed by atoms with E-state index in [-0.39, 0.29) is 17.2 Å². The molecule has 1 unspecified atom stereocenters. The predicted molar refractivity (Wildman–Crippen MR) is 120 cm³/mol. The number of halogens is 1. The van der Waals surface area contributed by atoms with Crippen LogP contribution in [0.4, 0.5) is 5.82 Å². The molecule has 0 radical (unpaired) electrons. The van der Waals surface area contributed by atoms with Crippen LogP contribution in [-0.2, 0) is 9.59 Å². The quantitative estimate of drug-likeness (QED) is 0.319. The van der Waals surface area contributed by atoms with E-state index in [0.717, 1.165) is 6.42 Å². The number of aromatic nitrogens is 1. The largest absolute Gasteiger partial charge is 0.507 e. The summed E-state index contributed by atoms with van der Waals surface area (Å²) < 4.78 is 10.7. The molecule has 0 aliphatic carbocycles. The van der Waals surface area contributed by atoms with Crippen molar-refractivity contribution in [3.8, 4) is 5.75 Å². The second-order valence-electron chi connectivity index (χ2n) is 7.39. The van der Waals surface area contributed by atoms with E-state index in [2.05, 4.69) is 5.16 Å². The molecule has 0 bridgehead atoms. The molecular weight excluding hydrogens is 432 g/mol. The van der Waals surface area contributed by atoms with E-state index in [1.165, 1.54) is 4.90 Å². The maximum atomic E-state index is 13.1. The van der Waals surface area contributed by atoms with Gasteiger partial charge in [-0.15, -0.1) is 0 Å². The maximum absolute atomic E-state index is 13.1. The van der Waals surface area contributed by atoms with Gasteiger partial charge >= 0.3 is 5.91 Å². The molecule has 1 N–H and O–H groups in total. The molecule has 32 heavy (non-hydrogen) atoms. The van der Waals surface area contributed by atoms with Crippen LogP contribution in [0.1, 0.15) is 36.3 Å². The van der Waals surface area contributed by atoms with E-state index >= 15 is 0 Å². The number of hydrogen-bond donors (Lipinski definition) is 1. The number of carbonyl (C=O) groups is 2. The molecule has 1 fully saturated rings. The van der Waals surface area contributed by atoms with E-state index in [1.54, 1.807) is 61.5 Å². The van der Waals surface area contributed by atoms with Gasteiger partial charge in [0.15, 0.2) is 5.82 Å². The topological polar surface area (TPSA) is 92.9 Å². The van der Waals surface area contributed by atoms with Crippen LogP contribution < -0.4 is 9.64 Å². The molecule has 1 amide bonds. The Kier molecular flexibility index (Phi) is 6.01. The number of amides is 1. The number of rotatable bonds is 6. The third-order valence-corrected chi connectivity index (χ3v) is 5.31. The number of Topliss-reactive ketones (excluding diaryl/α,β-unsaturated/α-hetero) is 1. The first-order chi connectivity index (χ1) is 15.4. The number of carbonyl (C=O) groups excluding carboxylic acids is 2. The molecule has 0 spiro atoms. The van der Waals surface area contributed by atoms with Crippen LogP contribution in [0.25, 0.3) is 5.76 Å². The summed E-state index contributed by atoms with van der Waals surface area (Å²) in [5.41, 5.74) is 0.886. The number of benzene rings is 2. The molecule has 8 heteroatoms. The van der Waals surface area contributed by atoms with Crippen molar-refractivity contribution in [2.24, 2.45) is 0 Å². The van der Waals surface area contributed by atoms with Crippen molar-refractivity contribution in [2.75, 3.05) is 11.5 Å². The summed E-state index contributed by atoms with van der Waals surface area (Å²) in [5.74, 6) is -0.620. The molecule has 1 aliphatic rings. The number of aryl methyl sites for hydroxylation is 1. The van der Waals surface area contributed by atoms with Gasteiger partial charge in [-0.1, -0.05) is 35.8 Å². The van der Waals surface area contributed by atoms with Gasteiger partial charge in [-0.3, -0.25) is 14.5 Å². The third-order valence-electron chi connectivity index (χ3n) is 5.07. The van der Waals surface area contributed by atoms with Crippen LogP contribution in [0.5, 0.6) is 5.75 Å². The average molecular weight is 453 g/mol. The molecule has 2 aromatic carbocycles. The minimum Gasteiger partial charge on any atom is -0.507 e. The number of ketones is 1. The Bertz CT molecular complexity index is 1200. The summed E-state index contributed by atoms with van der Waals surface area (Å²) in [6.07, 6.45) is 0.867. The molecule has 3 aromatic rings. The smallest absolute Gasteiger partial charge is 0.301 e. The second kappa shape index (κ2) is 8.88. The van der Waals surface area contributed by atoms with Crippen molar-refractivity contribution in [2.45, 2.75) is 26.3 Å². The Balaban J connectivity index is 1.84. The van der Waals surface area contributed by atoms with E-state index < -0.39 is 17.7 Å². The van der Waals surface area contributed by atoms with Gasteiger partial charge in [0, 0.05) is 16.7 Å². The fourth-order valence-electron chi connectivity index (χ4n) is 3.61. The number of ether oxygens (including phenoxy) is 1. The maximum Gasteiger partial charge on any atom is 0.301 e. The Morgan fingerprint density at radius 3 is 2.56 bits per heavy atom. The molecule has 4 rings (SSSR count). The highest BCUT2D eigenvalue weighted by atomic mass is 35.5. The monoisotopic (exact) mass is 452 g/mol. The van der Waals surface area contributed by atoms with Gasteiger partial charge in [-0.2, -0.15) is 0 Å². The minimum absolute atomic E-state index is 0.0554. The van der Waals surface area contributed by atoms with Gasteiger partial charge in [0.2, 0.25) is 0 Å². The molecule has 0 saturated carbocycles. The fraction of sp³-hybridized carbons (Fsp3) is 0.208. The summed E-state index contributed by atoms with van der Waals surface area (Å²) in [6, 6.07) is 14.1. The molecule has 1 aliphatic heterocycles. The molecule has 1 saturated heterocycles. The number of hydrogen-bond acceptors (Lipinski definition) is 6. The van der Waals surface area contributed by atoms with Crippen molar-refractivity contribution in [3.05, 3.63) is 82.1 Å². The first kappa shape index (κ1) is 21.6. The molecule has 1 atom stereocenters. The van der Waals surface area contributed by atoms with Gasteiger partial charge in [0.25, 0.3) is 5.78 Å². The zero-order chi connectivity index (χ0) is 22.8. The van der Waals surface area contributed by atoms with E-state index in [1.807, 2.05) is 6.92 Å². The van der Waals surface area contributed by atoms with Crippen molar-refractivity contribution in [1.29, 1.82) is 0 Å². The predicted octanol–water partition coefficient (Wildman–Crippen LogP) is 5.05. The second-order valence-corrected chi connectivity index (χ2v) is 7.83. The lowest BCUT2D eigenvalue weighted by molar-refractivity contribution is -0.132. The fourth-order valence-corrected chi connectivity index (χ4v) is 3.81. The molecule has 2 heterocycles. The number of nitrogens with zero attached hydrogens (tertiary/aromatic N) is 2. The summed E-state index contributed by atoms with van der Waals surface area (Å²) >= 11 is 6.18. The summed E-state index contributed by atoms with van der Waals surface area (Å²) in [7, 11) is 0. The first-order valence-electron chi connectivity index (χ1n) is 10.1. The van der Waals surface area contributed by atoms with Crippen LogP contribution in [0.2, 0.25) is 5.02 Å². The zero-order valence-corrected chi connectivity index (χ0v) is 18.3. The average Bonchev–Trinajstić information content (AvgIpc) is 3.33. The van der Waals surface area contributed by atoms with Crippen LogP contribution >= 0.6 is 11.6 Å². The lowest BCUT2D eigenvalue weighted by atomic mass is 9.95. The number of aliphatic hydroxyl groups excluding tert-OH is 1. The highest BCUT2D eigenvalue weighted by Gasteiger charge is 2.48.